The summed E-state index contributed by atoms with van der Waals surface area (Å²) >= 11 is 0. The second-order valence-electron chi connectivity index (χ2n) is 5.15. The monoisotopic (exact) mass is 364 g/mol. The number of aldehydes is 1. The second kappa shape index (κ2) is 5.53. The summed E-state index contributed by atoms with van der Waals surface area (Å²) in [5.41, 5.74) is -1.20. The van der Waals surface area contributed by atoms with Crippen molar-refractivity contribution in [3.05, 3.63) is 58.7 Å². The van der Waals surface area contributed by atoms with Crippen molar-refractivity contribution < 1.29 is 26.4 Å². The van der Waals surface area contributed by atoms with Gasteiger partial charge in [0.05, 0.1) is 21.1 Å². The van der Waals surface area contributed by atoms with Crippen LogP contribution in [-0.4, -0.2) is 20.4 Å². The molecule has 0 saturated carbocycles. The Labute approximate surface area is 140 Å². The number of aliphatic imine (C=N–C) groups is 1. The molecule has 5 nitrogen and oxygen atoms in total. The van der Waals surface area contributed by atoms with Gasteiger partial charge in [-0.25, -0.2) is 8.42 Å². The zero-order valence-corrected chi connectivity index (χ0v) is 13.0. The average Bonchev–Trinajstić information content (AvgIpc) is 2.57. The number of benzene rings is 2. The number of nitrogens with zero attached hydrogens (tertiary/aromatic N) is 2. The lowest BCUT2D eigenvalue weighted by Gasteiger charge is -2.22. The van der Waals surface area contributed by atoms with Crippen molar-refractivity contribution in [1.82, 2.24) is 0 Å². The molecule has 0 bridgehead atoms. The maximum atomic E-state index is 12.9. The molecule has 0 aliphatic carbocycles. The van der Waals surface area contributed by atoms with E-state index in [4.69, 9.17) is 5.26 Å². The SMILES string of the molecule is N#CN=C1c2ccc(C=O)cc2S(=O)(=O)c2cc(C(F)(F)F)ccc21. The van der Waals surface area contributed by atoms with Crippen LogP contribution in [0.5, 0.6) is 0 Å². The molecule has 2 aromatic rings. The first-order valence-corrected chi connectivity index (χ1v) is 8.21. The summed E-state index contributed by atoms with van der Waals surface area (Å²) in [6.07, 6.45) is -2.80. The molecular weight excluding hydrogens is 357 g/mol. The predicted molar refractivity (Wildman–Crippen MR) is 80.0 cm³/mol. The van der Waals surface area contributed by atoms with Crippen LogP contribution in [0.4, 0.5) is 13.2 Å². The Morgan fingerprint density at radius 3 is 2.20 bits per heavy atom. The molecule has 0 radical (unpaired) electrons. The van der Waals surface area contributed by atoms with Gasteiger partial charge in [0.25, 0.3) is 0 Å². The highest BCUT2D eigenvalue weighted by atomic mass is 32.2. The first-order valence-electron chi connectivity index (χ1n) is 6.73. The third-order valence-electron chi connectivity index (χ3n) is 3.70. The highest BCUT2D eigenvalue weighted by Crippen LogP contribution is 2.39. The van der Waals surface area contributed by atoms with E-state index in [9.17, 15) is 26.4 Å². The number of fused-ring (bicyclic) bond motifs is 2. The van der Waals surface area contributed by atoms with Crippen molar-refractivity contribution in [2.24, 2.45) is 4.99 Å². The molecule has 0 aromatic heterocycles. The predicted octanol–water partition coefficient (Wildman–Crippen LogP) is 2.98. The Kier molecular flexibility index (Phi) is 3.73. The third-order valence-corrected chi connectivity index (χ3v) is 5.54. The summed E-state index contributed by atoms with van der Waals surface area (Å²) in [7, 11) is -4.32. The van der Waals surface area contributed by atoms with E-state index in [0.29, 0.717) is 12.4 Å². The molecule has 9 heteroatoms. The quantitative estimate of drug-likeness (QED) is 0.491. The molecule has 0 saturated heterocycles. The number of halogens is 3. The van der Waals surface area contributed by atoms with E-state index in [1.165, 1.54) is 18.3 Å². The highest BCUT2D eigenvalue weighted by molar-refractivity contribution is 7.91. The Morgan fingerprint density at radius 1 is 1.04 bits per heavy atom. The topological polar surface area (TPSA) is 87.4 Å². The number of hydrogen-bond donors (Lipinski definition) is 0. The standard InChI is InChI=1S/C16H7F3N2O3S/c17-16(18,19)10-2-4-12-14(6-10)25(23,24)13-5-9(7-22)1-3-11(13)15(12)21-8-20/h1-7H. The average molecular weight is 364 g/mol. The van der Waals surface area contributed by atoms with Gasteiger partial charge in [-0.2, -0.15) is 23.4 Å². The fourth-order valence-electron chi connectivity index (χ4n) is 2.58. The Bertz CT molecular complexity index is 1080. The van der Waals surface area contributed by atoms with E-state index in [-0.39, 0.29) is 27.3 Å². The van der Waals surface area contributed by atoms with Crippen molar-refractivity contribution in [1.29, 1.82) is 5.26 Å². The molecular formula is C16H7F3N2O3S. The van der Waals surface area contributed by atoms with E-state index in [1.54, 1.807) is 0 Å². The van der Waals surface area contributed by atoms with Crippen LogP contribution < -0.4 is 0 Å². The molecule has 0 amide bonds. The van der Waals surface area contributed by atoms with Gasteiger partial charge in [0.1, 0.15) is 6.29 Å². The minimum Gasteiger partial charge on any atom is -0.298 e. The summed E-state index contributed by atoms with van der Waals surface area (Å²) in [5.74, 6) is 0. The molecule has 1 aliphatic rings. The zero-order valence-electron chi connectivity index (χ0n) is 12.2. The lowest BCUT2D eigenvalue weighted by Crippen LogP contribution is -2.22. The fraction of sp³-hybridized carbons (Fsp3) is 0.0625. The van der Waals surface area contributed by atoms with Gasteiger partial charge in [-0.3, -0.25) is 4.79 Å². The summed E-state index contributed by atoms with van der Waals surface area (Å²) in [5, 5.41) is 8.86. The summed E-state index contributed by atoms with van der Waals surface area (Å²) in [6, 6.07) is 5.90. The Morgan fingerprint density at radius 2 is 1.64 bits per heavy atom. The molecule has 1 aliphatic heterocycles. The van der Waals surface area contributed by atoms with Gasteiger partial charge in [-0.15, -0.1) is 0 Å². The van der Waals surface area contributed by atoms with Crippen molar-refractivity contribution >= 4 is 21.8 Å². The van der Waals surface area contributed by atoms with E-state index in [2.05, 4.69) is 4.99 Å². The number of nitriles is 1. The number of hydrogen-bond acceptors (Lipinski definition) is 5. The van der Waals surface area contributed by atoms with Crippen molar-refractivity contribution in [3.8, 4) is 6.19 Å². The van der Waals surface area contributed by atoms with Crippen LogP contribution in [0.25, 0.3) is 0 Å². The molecule has 1 heterocycles. The van der Waals surface area contributed by atoms with Crippen molar-refractivity contribution in [3.63, 3.8) is 0 Å². The minimum absolute atomic E-state index is 0.0362. The normalized spacial score (nSPS) is 16.6. The third kappa shape index (κ3) is 2.60. The zero-order chi connectivity index (χ0) is 18.4. The van der Waals surface area contributed by atoms with Gasteiger partial charge in [-0.05, 0) is 18.2 Å². The van der Waals surface area contributed by atoms with Gasteiger partial charge < -0.3 is 0 Å². The van der Waals surface area contributed by atoms with E-state index >= 15 is 0 Å². The van der Waals surface area contributed by atoms with E-state index < -0.39 is 26.5 Å². The number of carbonyl (C=O) groups is 1. The van der Waals surface area contributed by atoms with Crippen molar-refractivity contribution in [2.75, 3.05) is 0 Å². The first kappa shape index (κ1) is 16.9. The summed E-state index contributed by atoms with van der Waals surface area (Å²) in [6.45, 7) is 0. The van der Waals surface area contributed by atoms with Crippen LogP contribution in [0, 0.1) is 11.5 Å². The lowest BCUT2D eigenvalue weighted by molar-refractivity contribution is -0.137. The minimum atomic E-state index is -4.73. The van der Waals surface area contributed by atoms with E-state index in [0.717, 1.165) is 18.2 Å². The lowest BCUT2D eigenvalue weighted by atomic mass is 9.99. The van der Waals surface area contributed by atoms with Crippen LogP contribution in [-0.2, 0) is 16.0 Å². The van der Waals surface area contributed by atoms with Gasteiger partial charge in [0.2, 0.25) is 16.0 Å². The molecule has 0 atom stereocenters. The molecule has 25 heavy (non-hydrogen) atoms. The Balaban J connectivity index is 2.41. The maximum Gasteiger partial charge on any atom is 0.416 e. The van der Waals surface area contributed by atoms with Crippen LogP contribution in [0.2, 0.25) is 0 Å². The molecule has 0 N–H and O–H groups in total. The van der Waals surface area contributed by atoms with Crippen LogP contribution >= 0.6 is 0 Å². The van der Waals surface area contributed by atoms with Crippen molar-refractivity contribution in [2.45, 2.75) is 16.0 Å². The van der Waals surface area contributed by atoms with Crippen LogP contribution in [0.1, 0.15) is 27.0 Å². The van der Waals surface area contributed by atoms with Crippen LogP contribution in [0.3, 0.4) is 0 Å². The summed E-state index contributed by atoms with van der Waals surface area (Å²) < 4.78 is 64.4. The molecule has 3 rings (SSSR count). The number of sulfone groups is 1. The maximum absolute atomic E-state index is 12.9. The number of alkyl halides is 3. The molecule has 126 valence electrons. The fourth-order valence-corrected chi connectivity index (χ4v) is 4.30. The van der Waals surface area contributed by atoms with Crippen LogP contribution in [0.15, 0.2) is 51.2 Å². The summed E-state index contributed by atoms with van der Waals surface area (Å²) in [4.78, 5) is 13.5. The smallest absolute Gasteiger partial charge is 0.298 e. The molecule has 2 aromatic carbocycles. The Hall–Kier alpha value is -2.99. The first-order chi connectivity index (χ1) is 11.7. The van der Waals surface area contributed by atoms with Gasteiger partial charge in [0.15, 0.2) is 0 Å². The molecule has 0 unspecified atom stereocenters. The second-order valence-corrected chi connectivity index (χ2v) is 7.03. The molecule has 0 spiro atoms. The van der Waals surface area contributed by atoms with E-state index in [1.807, 2.05) is 0 Å². The number of rotatable bonds is 1. The molecule has 0 fully saturated rings. The largest absolute Gasteiger partial charge is 0.416 e. The van der Waals surface area contributed by atoms with Gasteiger partial charge >= 0.3 is 6.18 Å². The highest BCUT2D eigenvalue weighted by Gasteiger charge is 2.38. The number of carbonyl (C=O) groups excluding carboxylic acids is 1. The van der Waals surface area contributed by atoms with Gasteiger partial charge in [0, 0.05) is 16.7 Å². The van der Waals surface area contributed by atoms with Gasteiger partial charge in [-0.1, -0.05) is 18.2 Å².